The first-order valence-corrected chi connectivity index (χ1v) is 7.12. The van der Waals surface area contributed by atoms with E-state index in [0.717, 1.165) is 11.3 Å². The van der Waals surface area contributed by atoms with Gasteiger partial charge in [0.2, 0.25) is 0 Å². The highest BCUT2D eigenvalue weighted by molar-refractivity contribution is 7.12. The first-order valence-electron chi connectivity index (χ1n) is 6.24. The number of hydrogen-bond donors (Lipinski definition) is 2. The van der Waals surface area contributed by atoms with Crippen molar-refractivity contribution >= 4 is 17.2 Å². The van der Waals surface area contributed by atoms with E-state index in [1.165, 1.54) is 11.3 Å². The van der Waals surface area contributed by atoms with Crippen molar-refractivity contribution in [2.45, 2.75) is 6.42 Å². The van der Waals surface area contributed by atoms with E-state index in [9.17, 15) is 4.79 Å². The molecule has 2 rings (SSSR count). The molecule has 1 amide bonds. The van der Waals surface area contributed by atoms with Crippen LogP contribution in [0.25, 0.3) is 0 Å². The zero-order valence-electron chi connectivity index (χ0n) is 11.2. The van der Waals surface area contributed by atoms with Gasteiger partial charge in [-0.2, -0.15) is 5.10 Å². The largest absolute Gasteiger partial charge is 0.351 e. The number of aryl methyl sites for hydroxylation is 1. The van der Waals surface area contributed by atoms with Crippen LogP contribution in [-0.2, 0) is 13.5 Å². The second-order valence-corrected chi connectivity index (χ2v) is 5.07. The number of carbonyl (C=O) groups is 1. The molecule has 2 aromatic heterocycles. The van der Waals surface area contributed by atoms with Crippen molar-refractivity contribution in [1.29, 1.82) is 0 Å². The van der Waals surface area contributed by atoms with Crippen molar-refractivity contribution < 1.29 is 4.79 Å². The molecule has 0 bridgehead atoms. The minimum absolute atomic E-state index is 0.0998. The molecule has 2 heterocycles. The maximum atomic E-state index is 12.1. The number of hydrogen-bond acceptors (Lipinski definition) is 4. The van der Waals surface area contributed by atoms with Crippen LogP contribution in [0.4, 0.5) is 0 Å². The van der Waals surface area contributed by atoms with Gasteiger partial charge in [-0.05, 0) is 17.5 Å². The van der Waals surface area contributed by atoms with Gasteiger partial charge in [-0.3, -0.25) is 9.48 Å². The molecule has 0 aromatic carbocycles. The molecule has 3 N–H and O–H groups in total. The van der Waals surface area contributed by atoms with Gasteiger partial charge in [-0.15, -0.1) is 11.3 Å². The fraction of sp³-hybridized carbons (Fsp3) is 0.286. The summed E-state index contributed by atoms with van der Waals surface area (Å²) in [6, 6.07) is 3.77. The lowest BCUT2D eigenvalue weighted by atomic mass is 10.2. The number of rotatable bonds is 4. The molecule has 0 saturated heterocycles. The average molecular weight is 288 g/mol. The van der Waals surface area contributed by atoms with E-state index in [4.69, 9.17) is 5.73 Å². The van der Waals surface area contributed by atoms with Crippen LogP contribution >= 0.6 is 11.3 Å². The normalized spacial score (nSPS) is 9.90. The molecule has 0 aliphatic rings. The van der Waals surface area contributed by atoms with Crippen molar-refractivity contribution in [3.63, 3.8) is 0 Å². The Kier molecular flexibility index (Phi) is 4.93. The Hall–Kier alpha value is -2.10. The molecule has 0 spiro atoms. The standard InChI is InChI=1S/C14H16N4OS/c1-18-9-5-12(17-18)4-8-16-14(19)13-11(3-2-7-15)6-10-20-13/h5-6,9-10H,4,7-8,15H2,1H3,(H,16,19). The minimum Gasteiger partial charge on any atom is -0.351 e. The number of nitrogens with two attached hydrogens (primary N) is 1. The van der Waals surface area contributed by atoms with Gasteiger partial charge < -0.3 is 11.1 Å². The summed E-state index contributed by atoms with van der Waals surface area (Å²) in [5.41, 5.74) is 7.03. The van der Waals surface area contributed by atoms with E-state index < -0.39 is 0 Å². The Bertz CT molecular complexity index is 647. The summed E-state index contributed by atoms with van der Waals surface area (Å²) in [5, 5.41) is 9.00. The summed E-state index contributed by atoms with van der Waals surface area (Å²) < 4.78 is 1.75. The van der Waals surface area contributed by atoms with Gasteiger partial charge in [-0.25, -0.2) is 0 Å². The lowest BCUT2D eigenvalue weighted by Gasteiger charge is -2.02. The number of thiophene rings is 1. The fourth-order valence-electron chi connectivity index (χ4n) is 1.71. The van der Waals surface area contributed by atoms with Gasteiger partial charge >= 0.3 is 0 Å². The Morgan fingerprint density at radius 3 is 3.10 bits per heavy atom. The van der Waals surface area contributed by atoms with Crippen LogP contribution in [0.2, 0.25) is 0 Å². The molecule has 0 radical (unpaired) electrons. The Morgan fingerprint density at radius 2 is 2.40 bits per heavy atom. The maximum Gasteiger partial charge on any atom is 0.262 e. The Morgan fingerprint density at radius 1 is 1.55 bits per heavy atom. The third-order valence-electron chi connectivity index (χ3n) is 2.63. The number of nitrogens with one attached hydrogen (secondary N) is 1. The number of aromatic nitrogens is 2. The molecule has 0 saturated carbocycles. The third-order valence-corrected chi connectivity index (χ3v) is 3.55. The summed E-state index contributed by atoms with van der Waals surface area (Å²) in [6.07, 6.45) is 2.60. The second-order valence-electron chi connectivity index (χ2n) is 4.16. The van der Waals surface area contributed by atoms with E-state index in [2.05, 4.69) is 22.3 Å². The first-order chi connectivity index (χ1) is 9.70. The van der Waals surface area contributed by atoms with Gasteiger partial charge in [0.25, 0.3) is 5.91 Å². The minimum atomic E-state index is -0.0998. The first kappa shape index (κ1) is 14.3. The highest BCUT2D eigenvalue weighted by atomic mass is 32.1. The van der Waals surface area contributed by atoms with Crippen molar-refractivity contribution in [2.75, 3.05) is 13.1 Å². The topological polar surface area (TPSA) is 72.9 Å². The van der Waals surface area contributed by atoms with Crippen LogP contribution in [0.15, 0.2) is 23.7 Å². The molecule has 104 valence electrons. The quantitative estimate of drug-likeness (QED) is 0.816. The third kappa shape index (κ3) is 3.70. The van der Waals surface area contributed by atoms with Crippen LogP contribution in [0.3, 0.4) is 0 Å². The number of nitrogens with zero attached hydrogens (tertiary/aromatic N) is 2. The Balaban J connectivity index is 1.90. The average Bonchev–Trinajstić information content (AvgIpc) is 3.05. The molecule has 0 aliphatic heterocycles. The zero-order valence-corrected chi connectivity index (χ0v) is 12.0. The highest BCUT2D eigenvalue weighted by Gasteiger charge is 2.11. The van der Waals surface area contributed by atoms with Crippen LogP contribution in [0.1, 0.15) is 20.9 Å². The summed E-state index contributed by atoms with van der Waals surface area (Å²) in [6.45, 7) is 0.841. The lowest BCUT2D eigenvalue weighted by molar-refractivity contribution is 0.0958. The van der Waals surface area contributed by atoms with Crippen molar-refractivity contribution in [2.24, 2.45) is 12.8 Å². The van der Waals surface area contributed by atoms with Gasteiger partial charge in [0.15, 0.2) is 0 Å². The summed E-state index contributed by atoms with van der Waals surface area (Å²) in [4.78, 5) is 12.7. The van der Waals surface area contributed by atoms with Crippen molar-refractivity contribution in [3.05, 3.63) is 39.8 Å². The number of carbonyl (C=O) groups excluding carboxylic acids is 1. The molecule has 5 nitrogen and oxygen atoms in total. The lowest BCUT2D eigenvalue weighted by Crippen LogP contribution is -2.25. The van der Waals surface area contributed by atoms with Gasteiger partial charge in [0.05, 0.1) is 12.2 Å². The SMILES string of the molecule is Cn1ccc(CCNC(=O)c2sccc2C#CCN)n1. The Labute approximate surface area is 121 Å². The van der Waals surface area contributed by atoms with Crippen molar-refractivity contribution in [3.8, 4) is 11.8 Å². The summed E-state index contributed by atoms with van der Waals surface area (Å²) in [7, 11) is 1.87. The van der Waals surface area contributed by atoms with Crippen LogP contribution in [0, 0.1) is 11.8 Å². The van der Waals surface area contributed by atoms with Crippen LogP contribution < -0.4 is 11.1 Å². The van der Waals surface area contributed by atoms with Crippen LogP contribution in [0.5, 0.6) is 0 Å². The molecule has 6 heteroatoms. The fourth-order valence-corrected chi connectivity index (χ4v) is 2.48. The smallest absolute Gasteiger partial charge is 0.262 e. The molecule has 20 heavy (non-hydrogen) atoms. The molecule has 0 unspecified atom stereocenters. The summed E-state index contributed by atoms with van der Waals surface area (Å²) in [5.74, 6) is 5.57. The van der Waals surface area contributed by atoms with Gasteiger partial charge in [0.1, 0.15) is 4.88 Å². The van der Waals surface area contributed by atoms with Gasteiger partial charge in [-0.1, -0.05) is 11.8 Å². The van der Waals surface area contributed by atoms with Gasteiger partial charge in [0, 0.05) is 31.8 Å². The predicted octanol–water partition coefficient (Wildman–Crippen LogP) is 0.764. The van der Waals surface area contributed by atoms with Crippen molar-refractivity contribution in [1.82, 2.24) is 15.1 Å². The van der Waals surface area contributed by atoms with E-state index >= 15 is 0 Å². The molecular weight excluding hydrogens is 272 g/mol. The molecular formula is C14H16N4OS. The molecule has 0 aliphatic carbocycles. The second kappa shape index (κ2) is 6.89. The molecule has 0 atom stereocenters. The summed E-state index contributed by atoms with van der Waals surface area (Å²) >= 11 is 1.38. The van der Waals surface area contributed by atoms with E-state index in [1.807, 2.05) is 30.8 Å². The zero-order chi connectivity index (χ0) is 14.4. The maximum absolute atomic E-state index is 12.1. The number of amides is 1. The predicted molar refractivity (Wildman–Crippen MR) is 79.5 cm³/mol. The highest BCUT2D eigenvalue weighted by Crippen LogP contribution is 2.15. The van der Waals surface area contributed by atoms with E-state index in [1.54, 1.807) is 4.68 Å². The van der Waals surface area contributed by atoms with E-state index in [-0.39, 0.29) is 12.5 Å². The molecule has 2 aromatic rings. The molecule has 0 fully saturated rings. The van der Waals surface area contributed by atoms with E-state index in [0.29, 0.717) is 17.8 Å². The monoisotopic (exact) mass is 288 g/mol. The van der Waals surface area contributed by atoms with Crippen LogP contribution in [-0.4, -0.2) is 28.8 Å².